The van der Waals surface area contributed by atoms with Crippen LogP contribution in [0.5, 0.6) is 0 Å². The average molecular weight is 310 g/mol. The molecule has 3 rings (SSSR count). The molecule has 120 valence electrons. The predicted octanol–water partition coefficient (Wildman–Crippen LogP) is 3.10. The van der Waals surface area contributed by atoms with Crippen LogP contribution in [0.2, 0.25) is 0 Å². The van der Waals surface area contributed by atoms with E-state index in [1.54, 1.807) is 0 Å². The van der Waals surface area contributed by atoms with Gasteiger partial charge in [-0.2, -0.15) is 4.91 Å². The maximum Gasteiger partial charge on any atom is 0.128 e. The Balaban J connectivity index is 1.48. The third-order valence-corrected chi connectivity index (χ3v) is 4.38. The Morgan fingerprint density at radius 2 is 1.74 bits per heavy atom. The third-order valence-electron chi connectivity index (χ3n) is 4.38. The molecule has 1 atom stereocenters. The molecule has 1 aromatic carbocycles. The Hall–Kier alpha value is -2.27. The number of hydrogen-bond donors (Lipinski definition) is 0. The molecule has 0 N–H and O–H groups in total. The number of anilines is 1. The van der Waals surface area contributed by atoms with Crippen LogP contribution in [0.25, 0.3) is 0 Å². The number of pyridine rings is 1. The SMILES string of the molecule is O=NC(CCN1CCN(c2ccccn2)CC1)c1ccccc1. The smallest absolute Gasteiger partial charge is 0.128 e. The average Bonchev–Trinajstić information content (AvgIpc) is 2.64. The quantitative estimate of drug-likeness (QED) is 0.769. The molecule has 2 aromatic rings. The van der Waals surface area contributed by atoms with E-state index in [-0.39, 0.29) is 6.04 Å². The van der Waals surface area contributed by atoms with Crippen LogP contribution < -0.4 is 4.90 Å². The minimum absolute atomic E-state index is 0.245. The number of aromatic nitrogens is 1. The number of hydrogen-bond acceptors (Lipinski definition) is 5. The molecule has 1 aliphatic heterocycles. The Morgan fingerprint density at radius 3 is 2.39 bits per heavy atom. The van der Waals surface area contributed by atoms with Gasteiger partial charge in [-0.15, -0.1) is 0 Å². The van der Waals surface area contributed by atoms with Crippen LogP contribution in [0, 0.1) is 4.91 Å². The molecule has 1 unspecified atom stereocenters. The summed E-state index contributed by atoms with van der Waals surface area (Å²) in [6.45, 7) is 4.85. The highest BCUT2D eigenvalue weighted by molar-refractivity contribution is 5.38. The van der Waals surface area contributed by atoms with Gasteiger partial charge in [-0.3, -0.25) is 4.90 Å². The van der Waals surface area contributed by atoms with E-state index in [1.807, 2.05) is 48.7 Å². The summed E-state index contributed by atoms with van der Waals surface area (Å²) in [5.41, 5.74) is 1.01. The molecule has 0 saturated carbocycles. The van der Waals surface area contributed by atoms with E-state index in [9.17, 15) is 4.91 Å². The molecule has 1 aromatic heterocycles. The Bertz CT molecular complexity index is 597. The molecular formula is C18H22N4O. The summed E-state index contributed by atoms with van der Waals surface area (Å²) in [6.07, 6.45) is 2.61. The number of nitroso groups, excluding NO2 is 1. The van der Waals surface area contributed by atoms with Crippen molar-refractivity contribution in [3.05, 3.63) is 65.2 Å². The number of benzene rings is 1. The number of nitrogens with zero attached hydrogens (tertiary/aromatic N) is 4. The van der Waals surface area contributed by atoms with Gasteiger partial charge in [-0.05, 0) is 24.1 Å². The zero-order valence-corrected chi connectivity index (χ0v) is 13.2. The van der Waals surface area contributed by atoms with Gasteiger partial charge in [-0.25, -0.2) is 4.98 Å². The highest BCUT2D eigenvalue weighted by Crippen LogP contribution is 2.21. The van der Waals surface area contributed by atoms with E-state index in [2.05, 4.69) is 26.0 Å². The predicted molar refractivity (Wildman–Crippen MR) is 92.5 cm³/mol. The van der Waals surface area contributed by atoms with Crippen molar-refractivity contribution >= 4 is 5.82 Å². The van der Waals surface area contributed by atoms with Crippen LogP contribution >= 0.6 is 0 Å². The van der Waals surface area contributed by atoms with Crippen LogP contribution in [0.1, 0.15) is 18.0 Å². The van der Waals surface area contributed by atoms with Crippen LogP contribution in [0.3, 0.4) is 0 Å². The van der Waals surface area contributed by atoms with Gasteiger partial charge >= 0.3 is 0 Å². The topological polar surface area (TPSA) is 48.8 Å². The zero-order valence-electron chi connectivity index (χ0n) is 13.2. The van der Waals surface area contributed by atoms with E-state index < -0.39 is 0 Å². The highest BCUT2D eigenvalue weighted by atomic mass is 16.3. The monoisotopic (exact) mass is 310 g/mol. The van der Waals surface area contributed by atoms with Crippen molar-refractivity contribution < 1.29 is 0 Å². The first-order chi connectivity index (χ1) is 11.4. The zero-order chi connectivity index (χ0) is 15.9. The normalized spacial score (nSPS) is 17.0. The molecule has 5 nitrogen and oxygen atoms in total. The second-order valence-corrected chi connectivity index (χ2v) is 5.84. The first-order valence-electron chi connectivity index (χ1n) is 8.12. The van der Waals surface area contributed by atoms with Gasteiger partial charge in [0.1, 0.15) is 11.9 Å². The lowest BCUT2D eigenvalue weighted by Gasteiger charge is -2.35. The highest BCUT2D eigenvalue weighted by Gasteiger charge is 2.19. The van der Waals surface area contributed by atoms with E-state index >= 15 is 0 Å². The molecule has 0 aliphatic carbocycles. The summed E-state index contributed by atoms with van der Waals surface area (Å²) in [6, 6.07) is 15.6. The van der Waals surface area contributed by atoms with Gasteiger partial charge in [0.25, 0.3) is 0 Å². The summed E-state index contributed by atoms with van der Waals surface area (Å²) >= 11 is 0. The van der Waals surface area contributed by atoms with Gasteiger partial charge < -0.3 is 4.90 Å². The van der Waals surface area contributed by atoms with Crippen LogP contribution in [0.4, 0.5) is 5.82 Å². The van der Waals surface area contributed by atoms with E-state index in [1.165, 1.54) is 0 Å². The minimum atomic E-state index is -0.245. The molecule has 1 fully saturated rings. The number of piperazine rings is 1. The molecule has 0 radical (unpaired) electrons. The van der Waals surface area contributed by atoms with Crippen molar-refractivity contribution in [1.82, 2.24) is 9.88 Å². The van der Waals surface area contributed by atoms with Crippen molar-refractivity contribution in [1.29, 1.82) is 0 Å². The summed E-state index contributed by atoms with van der Waals surface area (Å²) in [5, 5.41) is 3.31. The van der Waals surface area contributed by atoms with Crippen molar-refractivity contribution in [2.75, 3.05) is 37.6 Å². The van der Waals surface area contributed by atoms with Crippen molar-refractivity contribution in [2.24, 2.45) is 5.18 Å². The summed E-state index contributed by atoms with van der Waals surface area (Å²) < 4.78 is 0. The van der Waals surface area contributed by atoms with E-state index in [0.717, 1.165) is 50.5 Å². The van der Waals surface area contributed by atoms with E-state index in [0.29, 0.717) is 0 Å². The van der Waals surface area contributed by atoms with Crippen LogP contribution in [0.15, 0.2) is 59.9 Å². The molecule has 5 heteroatoms. The van der Waals surface area contributed by atoms with Gasteiger partial charge in [0.15, 0.2) is 0 Å². The Morgan fingerprint density at radius 1 is 1.00 bits per heavy atom. The second-order valence-electron chi connectivity index (χ2n) is 5.84. The Kier molecular flexibility index (Phi) is 5.32. The number of rotatable bonds is 6. The molecule has 2 heterocycles. The summed E-state index contributed by atoms with van der Waals surface area (Å²) in [5.74, 6) is 1.05. The molecule has 1 aliphatic rings. The molecule has 0 spiro atoms. The minimum Gasteiger partial charge on any atom is -0.354 e. The third kappa shape index (κ3) is 4.13. The molecule has 0 amide bonds. The summed E-state index contributed by atoms with van der Waals surface area (Å²) in [7, 11) is 0. The molecule has 1 saturated heterocycles. The molecule has 23 heavy (non-hydrogen) atoms. The standard InChI is InChI=1S/C18H22N4O/c23-20-17(16-6-2-1-3-7-16)9-11-21-12-14-22(15-13-21)18-8-4-5-10-19-18/h1-8,10,17H,9,11-15H2. The first-order valence-corrected chi connectivity index (χ1v) is 8.12. The van der Waals surface area contributed by atoms with Crippen LogP contribution in [-0.4, -0.2) is 42.6 Å². The fourth-order valence-corrected chi connectivity index (χ4v) is 3.00. The van der Waals surface area contributed by atoms with E-state index in [4.69, 9.17) is 0 Å². The van der Waals surface area contributed by atoms with Crippen molar-refractivity contribution in [2.45, 2.75) is 12.5 Å². The van der Waals surface area contributed by atoms with Crippen LogP contribution in [-0.2, 0) is 0 Å². The van der Waals surface area contributed by atoms with Gasteiger partial charge in [-0.1, -0.05) is 41.6 Å². The molecular weight excluding hydrogens is 288 g/mol. The largest absolute Gasteiger partial charge is 0.354 e. The van der Waals surface area contributed by atoms with Gasteiger partial charge in [0, 0.05) is 38.9 Å². The lowest BCUT2D eigenvalue weighted by atomic mass is 10.0. The molecule has 0 bridgehead atoms. The lowest BCUT2D eigenvalue weighted by Crippen LogP contribution is -2.47. The summed E-state index contributed by atoms with van der Waals surface area (Å²) in [4.78, 5) is 20.2. The fraction of sp³-hybridized carbons (Fsp3) is 0.389. The maximum atomic E-state index is 11.1. The van der Waals surface area contributed by atoms with Gasteiger partial charge in [0.05, 0.1) is 0 Å². The van der Waals surface area contributed by atoms with Gasteiger partial charge in [0.2, 0.25) is 0 Å². The Labute approximate surface area is 136 Å². The lowest BCUT2D eigenvalue weighted by molar-refractivity contribution is 0.248. The van der Waals surface area contributed by atoms with Crippen molar-refractivity contribution in [3.8, 4) is 0 Å². The first kappa shape index (κ1) is 15.6. The second kappa shape index (κ2) is 7.83. The maximum absolute atomic E-state index is 11.1. The van der Waals surface area contributed by atoms with Crippen molar-refractivity contribution in [3.63, 3.8) is 0 Å². The fourth-order valence-electron chi connectivity index (χ4n) is 3.00.